The van der Waals surface area contributed by atoms with Crippen LogP contribution in [-0.4, -0.2) is 12.6 Å². The maximum absolute atomic E-state index is 6.17. The fraction of sp³-hybridized carbons (Fsp3) is 0.692. The molecule has 0 aliphatic heterocycles. The van der Waals surface area contributed by atoms with Gasteiger partial charge in [0.25, 0.3) is 0 Å². The zero-order valence-electron chi connectivity index (χ0n) is 10.3. The van der Waals surface area contributed by atoms with Gasteiger partial charge in [0.05, 0.1) is 0 Å². The SMILES string of the molecule is Cc1ccsc1CNCC1(C)CCCC1N. The predicted molar refractivity (Wildman–Crippen MR) is 70.7 cm³/mol. The molecule has 1 aromatic heterocycles. The third-order valence-corrected chi connectivity index (χ3v) is 4.96. The molecule has 16 heavy (non-hydrogen) atoms. The summed E-state index contributed by atoms with van der Waals surface area (Å²) in [6, 6.07) is 2.56. The lowest BCUT2D eigenvalue weighted by atomic mass is 9.85. The van der Waals surface area contributed by atoms with Crippen molar-refractivity contribution in [2.24, 2.45) is 11.1 Å². The summed E-state index contributed by atoms with van der Waals surface area (Å²) < 4.78 is 0. The van der Waals surface area contributed by atoms with Crippen molar-refractivity contribution >= 4 is 11.3 Å². The van der Waals surface area contributed by atoms with Gasteiger partial charge in [-0.05, 0) is 42.2 Å². The third-order valence-electron chi connectivity index (χ3n) is 3.94. The molecular formula is C13H22N2S. The lowest BCUT2D eigenvalue weighted by molar-refractivity contribution is 0.277. The van der Waals surface area contributed by atoms with Gasteiger partial charge in [-0.2, -0.15) is 0 Å². The van der Waals surface area contributed by atoms with E-state index in [4.69, 9.17) is 5.73 Å². The lowest BCUT2D eigenvalue weighted by Crippen LogP contribution is -2.42. The monoisotopic (exact) mass is 238 g/mol. The number of nitrogens with two attached hydrogens (primary N) is 1. The van der Waals surface area contributed by atoms with Crippen molar-refractivity contribution in [2.45, 2.75) is 45.7 Å². The van der Waals surface area contributed by atoms with Gasteiger partial charge >= 0.3 is 0 Å². The lowest BCUT2D eigenvalue weighted by Gasteiger charge is -2.29. The Morgan fingerprint density at radius 3 is 3.00 bits per heavy atom. The molecule has 3 N–H and O–H groups in total. The number of hydrogen-bond donors (Lipinski definition) is 2. The molecule has 1 aromatic rings. The van der Waals surface area contributed by atoms with E-state index in [1.54, 1.807) is 0 Å². The zero-order chi connectivity index (χ0) is 11.6. The van der Waals surface area contributed by atoms with E-state index in [0.29, 0.717) is 11.5 Å². The van der Waals surface area contributed by atoms with Crippen LogP contribution in [0.1, 0.15) is 36.6 Å². The minimum absolute atomic E-state index is 0.311. The standard InChI is InChI=1S/C13H22N2S/c1-10-5-7-16-11(10)8-15-9-13(2)6-3-4-12(13)14/h5,7,12,15H,3-4,6,8-9,14H2,1-2H3. The molecular weight excluding hydrogens is 216 g/mol. The Hall–Kier alpha value is -0.380. The Morgan fingerprint density at radius 2 is 2.44 bits per heavy atom. The van der Waals surface area contributed by atoms with Gasteiger partial charge in [0.2, 0.25) is 0 Å². The minimum atomic E-state index is 0.311. The number of aryl methyl sites for hydroxylation is 1. The number of thiophene rings is 1. The van der Waals surface area contributed by atoms with E-state index in [0.717, 1.165) is 13.1 Å². The Bertz CT molecular complexity index is 347. The quantitative estimate of drug-likeness (QED) is 0.846. The average molecular weight is 238 g/mol. The maximum Gasteiger partial charge on any atom is 0.0302 e. The maximum atomic E-state index is 6.17. The van der Waals surface area contributed by atoms with Crippen LogP contribution in [0.2, 0.25) is 0 Å². The third kappa shape index (κ3) is 2.47. The van der Waals surface area contributed by atoms with Gasteiger partial charge in [0, 0.05) is 24.0 Å². The summed E-state index contributed by atoms with van der Waals surface area (Å²) in [6.07, 6.45) is 3.75. The van der Waals surface area contributed by atoms with Crippen molar-refractivity contribution < 1.29 is 0 Å². The molecule has 2 unspecified atom stereocenters. The highest BCUT2D eigenvalue weighted by atomic mass is 32.1. The van der Waals surface area contributed by atoms with Gasteiger partial charge in [-0.15, -0.1) is 11.3 Å². The molecule has 0 radical (unpaired) electrons. The summed E-state index contributed by atoms with van der Waals surface area (Å²) in [4.78, 5) is 1.45. The second-order valence-corrected chi connectivity index (χ2v) is 6.28. The van der Waals surface area contributed by atoms with Crippen molar-refractivity contribution in [1.82, 2.24) is 5.32 Å². The molecule has 0 bridgehead atoms. The van der Waals surface area contributed by atoms with Crippen molar-refractivity contribution in [3.63, 3.8) is 0 Å². The van der Waals surface area contributed by atoms with Crippen LogP contribution in [0.25, 0.3) is 0 Å². The normalized spacial score (nSPS) is 29.8. The highest BCUT2D eigenvalue weighted by Gasteiger charge is 2.35. The average Bonchev–Trinajstić information content (AvgIpc) is 2.77. The predicted octanol–water partition coefficient (Wildman–Crippen LogP) is 2.66. The molecule has 0 aromatic carbocycles. The smallest absolute Gasteiger partial charge is 0.0302 e. The van der Waals surface area contributed by atoms with Crippen molar-refractivity contribution in [3.05, 3.63) is 21.9 Å². The van der Waals surface area contributed by atoms with Crippen LogP contribution >= 0.6 is 11.3 Å². The zero-order valence-corrected chi connectivity index (χ0v) is 11.1. The number of rotatable bonds is 4. The summed E-state index contributed by atoms with van der Waals surface area (Å²) in [5.74, 6) is 0. The second-order valence-electron chi connectivity index (χ2n) is 5.28. The first kappa shape index (κ1) is 12.1. The van der Waals surface area contributed by atoms with Gasteiger partial charge in [-0.3, -0.25) is 0 Å². The fourth-order valence-electron chi connectivity index (χ4n) is 2.53. The van der Waals surface area contributed by atoms with Crippen LogP contribution in [0.3, 0.4) is 0 Å². The summed E-state index contributed by atoms with van der Waals surface area (Å²) in [6.45, 7) is 6.53. The van der Waals surface area contributed by atoms with Gasteiger partial charge in [-0.1, -0.05) is 13.3 Å². The first-order valence-corrected chi connectivity index (χ1v) is 6.99. The summed E-state index contributed by atoms with van der Waals surface area (Å²) >= 11 is 1.84. The fourth-order valence-corrected chi connectivity index (χ4v) is 3.40. The largest absolute Gasteiger partial charge is 0.327 e. The molecule has 2 nitrogen and oxygen atoms in total. The summed E-state index contributed by atoms with van der Waals surface area (Å²) in [5, 5.41) is 5.73. The Labute approximate surface area is 102 Å². The van der Waals surface area contributed by atoms with Gasteiger partial charge in [0.15, 0.2) is 0 Å². The Kier molecular flexibility index (Phi) is 3.67. The van der Waals surface area contributed by atoms with Gasteiger partial charge in [-0.25, -0.2) is 0 Å². The molecule has 0 saturated heterocycles. The van der Waals surface area contributed by atoms with E-state index in [-0.39, 0.29) is 0 Å². The van der Waals surface area contributed by atoms with Crippen molar-refractivity contribution in [2.75, 3.05) is 6.54 Å². The molecule has 1 fully saturated rings. The number of hydrogen-bond acceptors (Lipinski definition) is 3. The van der Waals surface area contributed by atoms with E-state index in [9.17, 15) is 0 Å². The van der Waals surface area contributed by atoms with Crippen molar-refractivity contribution in [1.29, 1.82) is 0 Å². The van der Waals surface area contributed by atoms with E-state index >= 15 is 0 Å². The highest BCUT2D eigenvalue weighted by Crippen LogP contribution is 2.35. The summed E-state index contributed by atoms with van der Waals surface area (Å²) in [7, 11) is 0. The molecule has 2 atom stereocenters. The van der Waals surface area contributed by atoms with Gasteiger partial charge < -0.3 is 11.1 Å². The van der Waals surface area contributed by atoms with E-state index in [1.807, 2.05) is 11.3 Å². The Morgan fingerprint density at radius 1 is 1.62 bits per heavy atom. The molecule has 2 rings (SSSR count). The topological polar surface area (TPSA) is 38.0 Å². The first-order chi connectivity index (χ1) is 7.62. The molecule has 90 valence electrons. The molecule has 1 heterocycles. The van der Waals surface area contributed by atoms with Crippen LogP contribution in [0.15, 0.2) is 11.4 Å². The van der Waals surface area contributed by atoms with Crippen LogP contribution < -0.4 is 11.1 Å². The molecule has 3 heteroatoms. The van der Waals surface area contributed by atoms with E-state index in [2.05, 4.69) is 30.6 Å². The van der Waals surface area contributed by atoms with E-state index < -0.39 is 0 Å². The van der Waals surface area contributed by atoms with Crippen LogP contribution in [-0.2, 0) is 6.54 Å². The molecule has 1 aliphatic rings. The molecule has 0 spiro atoms. The van der Waals surface area contributed by atoms with E-state index in [1.165, 1.54) is 29.7 Å². The molecule has 1 aliphatic carbocycles. The van der Waals surface area contributed by atoms with Gasteiger partial charge in [0.1, 0.15) is 0 Å². The summed E-state index contributed by atoms with van der Waals surface area (Å²) in [5.41, 5.74) is 7.88. The molecule has 0 amide bonds. The second kappa shape index (κ2) is 4.86. The van der Waals surface area contributed by atoms with Crippen LogP contribution in [0.4, 0.5) is 0 Å². The van der Waals surface area contributed by atoms with Crippen LogP contribution in [0.5, 0.6) is 0 Å². The first-order valence-electron chi connectivity index (χ1n) is 6.11. The molecule has 1 saturated carbocycles. The van der Waals surface area contributed by atoms with Crippen LogP contribution in [0, 0.1) is 12.3 Å². The highest BCUT2D eigenvalue weighted by molar-refractivity contribution is 7.10. The minimum Gasteiger partial charge on any atom is -0.327 e. The van der Waals surface area contributed by atoms with Crippen molar-refractivity contribution in [3.8, 4) is 0 Å². The Balaban J connectivity index is 1.82. The number of nitrogens with one attached hydrogen (secondary N) is 1.